The first kappa shape index (κ1) is 13.5. The first-order valence-corrected chi connectivity index (χ1v) is 6.70. The van der Waals surface area contributed by atoms with E-state index in [9.17, 15) is 0 Å². The minimum atomic E-state index is 0.297. The van der Waals surface area contributed by atoms with Crippen molar-refractivity contribution in [1.29, 1.82) is 0 Å². The van der Waals surface area contributed by atoms with Gasteiger partial charge in [-0.1, -0.05) is 12.1 Å². The van der Waals surface area contributed by atoms with Crippen molar-refractivity contribution in [3.63, 3.8) is 0 Å². The van der Waals surface area contributed by atoms with Crippen LogP contribution in [0.3, 0.4) is 0 Å². The number of rotatable bonds is 5. The van der Waals surface area contributed by atoms with Gasteiger partial charge in [-0.25, -0.2) is 0 Å². The van der Waals surface area contributed by atoms with E-state index in [1.165, 1.54) is 0 Å². The highest BCUT2D eigenvalue weighted by atomic mass is 16.5. The third kappa shape index (κ3) is 3.54. The van der Waals surface area contributed by atoms with E-state index >= 15 is 0 Å². The Balaban J connectivity index is 1.89. The van der Waals surface area contributed by atoms with E-state index in [4.69, 9.17) is 9.26 Å². The summed E-state index contributed by atoms with van der Waals surface area (Å²) in [7, 11) is 0. The fourth-order valence-electron chi connectivity index (χ4n) is 2.16. The van der Waals surface area contributed by atoms with Crippen molar-refractivity contribution in [3.05, 3.63) is 17.5 Å². The Morgan fingerprint density at radius 3 is 3.11 bits per heavy atom. The lowest BCUT2D eigenvalue weighted by Crippen LogP contribution is -2.46. The van der Waals surface area contributed by atoms with Crippen molar-refractivity contribution in [2.24, 2.45) is 0 Å². The highest BCUT2D eigenvalue weighted by molar-refractivity contribution is 5.05. The second-order valence-electron chi connectivity index (χ2n) is 4.99. The molecule has 1 aliphatic heterocycles. The Labute approximate surface area is 108 Å². The molecule has 2 atom stereocenters. The molecule has 2 rings (SSSR count). The van der Waals surface area contributed by atoms with Crippen LogP contribution in [0.5, 0.6) is 0 Å². The topological polar surface area (TPSA) is 50.5 Å². The van der Waals surface area contributed by atoms with Gasteiger partial charge in [0.05, 0.1) is 24.9 Å². The van der Waals surface area contributed by atoms with Crippen LogP contribution in [0, 0.1) is 0 Å². The molecular weight excluding hydrogens is 230 g/mol. The standard InChI is InChI=1S/C13H23N3O2/c1-4-14-6-12-5-13(18-15-12)8-16-7-11(3)17-9-10(16)2/h5,10-11,14H,4,6-9H2,1-3H3. The molecule has 0 amide bonds. The third-order valence-corrected chi connectivity index (χ3v) is 3.26. The average Bonchev–Trinajstić information content (AvgIpc) is 2.79. The van der Waals surface area contributed by atoms with Gasteiger partial charge in [0, 0.05) is 25.2 Å². The second kappa shape index (κ2) is 6.31. The molecule has 1 N–H and O–H groups in total. The first-order chi connectivity index (χ1) is 8.69. The Morgan fingerprint density at radius 2 is 2.33 bits per heavy atom. The predicted molar refractivity (Wildman–Crippen MR) is 69.2 cm³/mol. The number of nitrogens with one attached hydrogen (secondary N) is 1. The molecule has 0 spiro atoms. The van der Waals surface area contributed by atoms with Gasteiger partial charge in [-0.3, -0.25) is 4.90 Å². The van der Waals surface area contributed by atoms with Crippen LogP contribution in [0.1, 0.15) is 32.2 Å². The number of ether oxygens (including phenoxy) is 1. The molecule has 0 bridgehead atoms. The normalized spacial score (nSPS) is 25.5. The van der Waals surface area contributed by atoms with E-state index < -0.39 is 0 Å². The van der Waals surface area contributed by atoms with Gasteiger partial charge < -0.3 is 14.6 Å². The number of nitrogens with zero attached hydrogens (tertiary/aromatic N) is 2. The quantitative estimate of drug-likeness (QED) is 0.859. The minimum Gasteiger partial charge on any atom is -0.376 e. The van der Waals surface area contributed by atoms with Crippen LogP contribution >= 0.6 is 0 Å². The molecule has 1 aromatic rings. The summed E-state index contributed by atoms with van der Waals surface area (Å²) >= 11 is 0. The Hall–Kier alpha value is -0.910. The lowest BCUT2D eigenvalue weighted by atomic mass is 10.2. The summed E-state index contributed by atoms with van der Waals surface area (Å²) < 4.78 is 11.0. The van der Waals surface area contributed by atoms with Gasteiger partial charge in [-0.15, -0.1) is 0 Å². The largest absolute Gasteiger partial charge is 0.376 e. The van der Waals surface area contributed by atoms with Crippen LogP contribution in [0.4, 0.5) is 0 Å². The third-order valence-electron chi connectivity index (χ3n) is 3.26. The molecule has 1 fully saturated rings. The fraction of sp³-hybridized carbons (Fsp3) is 0.769. The lowest BCUT2D eigenvalue weighted by molar-refractivity contribution is -0.0550. The van der Waals surface area contributed by atoms with E-state index in [0.717, 1.165) is 44.2 Å². The Morgan fingerprint density at radius 1 is 1.50 bits per heavy atom. The Bertz CT molecular complexity index is 367. The van der Waals surface area contributed by atoms with E-state index in [2.05, 4.69) is 36.1 Å². The zero-order valence-corrected chi connectivity index (χ0v) is 11.5. The van der Waals surface area contributed by atoms with Gasteiger partial charge in [-0.05, 0) is 20.4 Å². The summed E-state index contributed by atoms with van der Waals surface area (Å²) in [6, 6.07) is 2.47. The molecule has 0 radical (unpaired) electrons. The van der Waals surface area contributed by atoms with Gasteiger partial charge in [0.2, 0.25) is 0 Å². The number of hydrogen-bond acceptors (Lipinski definition) is 5. The van der Waals surface area contributed by atoms with E-state index in [0.29, 0.717) is 12.1 Å². The first-order valence-electron chi connectivity index (χ1n) is 6.70. The summed E-state index contributed by atoms with van der Waals surface area (Å²) in [5, 5.41) is 7.31. The number of morpholine rings is 1. The maximum atomic E-state index is 5.62. The highest BCUT2D eigenvalue weighted by Gasteiger charge is 2.24. The van der Waals surface area contributed by atoms with Crippen molar-refractivity contribution in [3.8, 4) is 0 Å². The van der Waals surface area contributed by atoms with Crippen LogP contribution in [0.2, 0.25) is 0 Å². The van der Waals surface area contributed by atoms with Crippen LogP contribution in [-0.4, -0.2) is 41.9 Å². The summed E-state index contributed by atoms with van der Waals surface area (Å²) in [6.45, 7) is 10.6. The van der Waals surface area contributed by atoms with Crippen molar-refractivity contribution >= 4 is 0 Å². The molecule has 0 saturated carbocycles. The second-order valence-corrected chi connectivity index (χ2v) is 4.99. The minimum absolute atomic E-state index is 0.297. The monoisotopic (exact) mass is 253 g/mol. The van der Waals surface area contributed by atoms with Gasteiger partial charge in [0.15, 0.2) is 5.76 Å². The molecule has 102 valence electrons. The highest BCUT2D eigenvalue weighted by Crippen LogP contribution is 2.15. The molecule has 1 aliphatic rings. The number of hydrogen-bond donors (Lipinski definition) is 1. The van der Waals surface area contributed by atoms with Gasteiger partial charge >= 0.3 is 0 Å². The average molecular weight is 253 g/mol. The molecule has 5 nitrogen and oxygen atoms in total. The molecule has 5 heteroatoms. The van der Waals surface area contributed by atoms with Crippen LogP contribution in [-0.2, 0) is 17.8 Å². The molecule has 0 aromatic carbocycles. The molecule has 18 heavy (non-hydrogen) atoms. The maximum Gasteiger partial charge on any atom is 0.151 e. The van der Waals surface area contributed by atoms with Gasteiger partial charge in [0.1, 0.15) is 0 Å². The van der Waals surface area contributed by atoms with Gasteiger partial charge in [0.25, 0.3) is 0 Å². The van der Waals surface area contributed by atoms with Gasteiger partial charge in [-0.2, -0.15) is 0 Å². The zero-order valence-electron chi connectivity index (χ0n) is 11.5. The summed E-state index contributed by atoms with van der Waals surface area (Å²) in [4.78, 5) is 2.38. The van der Waals surface area contributed by atoms with E-state index in [1.54, 1.807) is 0 Å². The van der Waals surface area contributed by atoms with Crippen molar-refractivity contribution < 1.29 is 9.26 Å². The molecule has 2 heterocycles. The molecule has 2 unspecified atom stereocenters. The van der Waals surface area contributed by atoms with E-state index in [-0.39, 0.29) is 0 Å². The maximum absolute atomic E-state index is 5.62. The zero-order chi connectivity index (χ0) is 13.0. The molecule has 1 aromatic heterocycles. The van der Waals surface area contributed by atoms with Crippen LogP contribution in [0.25, 0.3) is 0 Å². The Kier molecular flexibility index (Phi) is 4.74. The summed E-state index contributed by atoms with van der Waals surface area (Å²) in [5.74, 6) is 0.934. The van der Waals surface area contributed by atoms with Crippen molar-refractivity contribution in [1.82, 2.24) is 15.4 Å². The summed E-state index contributed by atoms with van der Waals surface area (Å²) in [5.41, 5.74) is 0.973. The SMILES string of the molecule is CCNCc1cc(CN2CC(C)OCC2C)on1. The number of aromatic nitrogens is 1. The van der Waals surface area contributed by atoms with Crippen LogP contribution < -0.4 is 5.32 Å². The van der Waals surface area contributed by atoms with Crippen LogP contribution in [0.15, 0.2) is 10.6 Å². The summed E-state index contributed by atoms with van der Waals surface area (Å²) in [6.07, 6.45) is 0.297. The van der Waals surface area contributed by atoms with Crippen molar-refractivity contribution in [2.45, 2.75) is 46.0 Å². The molecule has 1 saturated heterocycles. The smallest absolute Gasteiger partial charge is 0.151 e. The fourth-order valence-corrected chi connectivity index (χ4v) is 2.16. The molecule has 0 aliphatic carbocycles. The van der Waals surface area contributed by atoms with Crippen molar-refractivity contribution in [2.75, 3.05) is 19.7 Å². The van der Waals surface area contributed by atoms with E-state index in [1.807, 2.05) is 6.07 Å². The lowest BCUT2D eigenvalue weighted by Gasteiger charge is -2.35. The molecular formula is C13H23N3O2. The predicted octanol–water partition coefficient (Wildman–Crippen LogP) is 1.39.